The van der Waals surface area contributed by atoms with E-state index in [1.807, 2.05) is 0 Å². The van der Waals surface area contributed by atoms with Gasteiger partial charge in [-0.1, -0.05) is 18.2 Å². The minimum Gasteiger partial charge on any atom is -0.383 e. The highest BCUT2D eigenvalue weighted by Crippen LogP contribution is 2.24. The molecule has 1 aromatic rings. The Morgan fingerprint density at radius 3 is 2.67 bits per heavy atom. The Balaban J connectivity index is 2.25. The minimum absolute atomic E-state index is 0.249. The molecule has 0 aliphatic carbocycles. The molecule has 0 saturated carbocycles. The zero-order valence-corrected chi connectivity index (χ0v) is 9.88. The van der Waals surface area contributed by atoms with Crippen LogP contribution in [0.15, 0.2) is 24.3 Å². The summed E-state index contributed by atoms with van der Waals surface area (Å²) in [5.41, 5.74) is 2.95. The van der Waals surface area contributed by atoms with E-state index in [9.17, 15) is 0 Å². The van der Waals surface area contributed by atoms with E-state index < -0.39 is 0 Å². The number of fused-ring (bicyclic) bond motifs is 1. The summed E-state index contributed by atoms with van der Waals surface area (Å²) in [5, 5.41) is 3.49. The average molecular weight is 204 g/mol. The van der Waals surface area contributed by atoms with Gasteiger partial charge in [-0.3, -0.25) is 4.90 Å². The number of nitrogens with zero attached hydrogens (tertiary/aromatic N) is 1. The summed E-state index contributed by atoms with van der Waals surface area (Å²) in [6.45, 7) is 10.0. The molecule has 2 nitrogen and oxygen atoms in total. The van der Waals surface area contributed by atoms with Gasteiger partial charge in [0.15, 0.2) is 0 Å². The smallest absolute Gasteiger partial charge is 0.0386 e. The highest BCUT2D eigenvalue weighted by Gasteiger charge is 2.23. The third-order valence-corrected chi connectivity index (χ3v) is 3.02. The van der Waals surface area contributed by atoms with E-state index >= 15 is 0 Å². The molecule has 2 heteroatoms. The number of para-hydroxylation sites is 1. The van der Waals surface area contributed by atoms with Crippen molar-refractivity contribution in [1.82, 2.24) is 4.90 Å². The van der Waals surface area contributed by atoms with Crippen molar-refractivity contribution in [2.24, 2.45) is 0 Å². The Morgan fingerprint density at radius 2 is 1.93 bits per heavy atom. The number of anilines is 1. The van der Waals surface area contributed by atoms with E-state index in [-0.39, 0.29) is 5.54 Å². The van der Waals surface area contributed by atoms with Gasteiger partial charge in [-0.15, -0.1) is 0 Å². The molecule has 1 aromatic carbocycles. The molecule has 1 N–H and O–H groups in total. The molecule has 0 bridgehead atoms. The van der Waals surface area contributed by atoms with Crippen LogP contribution in [0.1, 0.15) is 26.3 Å². The largest absolute Gasteiger partial charge is 0.383 e. The molecule has 0 atom stereocenters. The third-order valence-electron chi connectivity index (χ3n) is 3.02. The fraction of sp³-hybridized carbons (Fsp3) is 0.538. The first-order valence-corrected chi connectivity index (χ1v) is 5.64. The number of hydrogen-bond donors (Lipinski definition) is 1. The molecule has 0 saturated heterocycles. The molecule has 1 heterocycles. The molecule has 0 amide bonds. The molecule has 2 rings (SSSR count). The van der Waals surface area contributed by atoms with Crippen molar-refractivity contribution in [3.8, 4) is 0 Å². The Hall–Kier alpha value is -1.02. The Kier molecular flexibility index (Phi) is 2.70. The van der Waals surface area contributed by atoms with Crippen molar-refractivity contribution in [1.29, 1.82) is 0 Å². The molecular formula is C13H20N2. The first-order chi connectivity index (χ1) is 7.07. The fourth-order valence-electron chi connectivity index (χ4n) is 2.01. The van der Waals surface area contributed by atoms with Crippen molar-refractivity contribution in [2.75, 3.05) is 18.4 Å². The van der Waals surface area contributed by atoms with Gasteiger partial charge >= 0.3 is 0 Å². The highest BCUT2D eigenvalue weighted by atomic mass is 15.2. The summed E-state index contributed by atoms with van der Waals surface area (Å²) in [6, 6.07) is 8.60. The predicted octanol–water partition coefficient (Wildman–Crippen LogP) is 2.71. The van der Waals surface area contributed by atoms with Crippen LogP contribution in [0.3, 0.4) is 0 Å². The average Bonchev–Trinajstić information content (AvgIpc) is 2.38. The molecule has 82 valence electrons. The van der Waals surface area contributed by atoms with E-state index in [4.69, 9.17) is 0 Å². The molecule has 0 aromatic heterocycles. The summed E-state index contributed by atoms with van der Waals surface area (Å²) in [5.74, 6) is 0. The molecule has 0 radical (unpaired) electrons. The molecule has 0 fully saturated rings. The second kappa shape index (κ2) is 3.86. The SMILES string of the molecule is CC(C)(C)N1CCNc2ccccc2C1. The van der Waals surface area contributed by atoms with Crippen molar-refractivity contribution in [3.05, 3.63) is 29.8 Å². The van der Waals surface area contributed by atoms with Gasteiger partial charge in [0.05, 0.1) is 0 Å². The van der Waals surface area contributed by atoms with Crippen molar-refractivity contribution in [2.45, 2.75) is 32.9 Å². The molecule has 0 spiro atoms. The van der Waals surface area contributed by atoms with Crippen molar-refractivity contribution >= 4 is 5.69 Å². The van der Waals surface area contributed by atoms with E-state index in [0.717, 1.165) is 19.6 Å². The maximum Gasteiger partial charge on any atom is 0.0386 e. The zero-order chi connectivity index (χ0) is 10.9. The normalized spacial score (nSPS) is 17.8. The van der Waals surface area contributed by atoms with E-state index in [1.165, 1.54) is 11.3 Å². The van der Waals surface area contributed by atoms with Gasteiger partial charge in [0.25, 0.3) is 0 Å². The van der Waals surface area contributed by atoms with Crippen LogP contribution in [0, 0.1) is 0 Å². The number of nitrogens with one attached hydrogen (secondary N) is 1. The van der Waals surface area contributed by atoms with Gasteiger partial charge in [0.1, 0.15) is 0 Å². The minimum atomic E-state index is 0.249. The lowest BCUT2D eigenvalue weighted by molar-refractivity contribution is 0.136. The van der Waals surface area contributed by atoms with Gasteiger partial charge in [-0.2, -0.15) is 0 Å². The molecule has 0 unspecified atom stereocenters. The number of hydrogen-bond acceptors (Lipinski definition) is 2. The second-order valence-electron chi connectivity index (χ2n) is 5.18. The molecule has 1 aliphatic heterocycles. The van der Waals surface area contributed by atoms with Gasteiger partial charge in [0, 0.05) is 30.9 Å². The summed E-state index contributed by atoms with van der Waals surface area (Å²) in [7, 11) is 0. The van der Waals surface area contributed by atoms with Crippen molar-refractivity contribution < 1.29 is 0 Å². The lowest BCUT2D eigenvalue weighted by Crippen LogP contribution is -2.42. The summed E-state index contributed by atoms with van der Waals surface area (Å²) in [4.78, 5) is 2.52. The van der Waals surface area contributed by atoms with Crippen LogP contribution in [-0.2, 0) is 6.54 Å². The number of rotatable bonds is 0. The van der Waals surface area contributed by atoms with Crippen LogP contribution in [0.4, 0.5) is 5.69 Å². The van der Waals surface area contributed by atoms with Crippen LogP contribution in [0.2, 0.25) is 0 Å². The first-order valence-electron chi connectivity index (χ1n) is 5.64. The summed E-state index contributed by atoms with van der Waals surface area (Å²) in [6.07, 6.45) is 0. The Morgan fingerprint density at radius 1 is 1.20 bits per heavy atom. The first kappa shape index (κ1) is 10.5. The van der Waals surface area contributed by atoms with Crippen LogP contribution in [-0.4, -0.2) is 23.5 Å². The standard InChI is InChI=1S/C13H20N2/c1-13(2,3)15-9-8-14-12-7-5-4-6-11(12)10-15/h4-7,14H,8-10H2,1-3H3. The Bertz CT molecular complexity index is 339. The maximum absolute atomic E-state index is 3.49. The van der Waals surface area contributed by atoms with Gasteiger partial charge in [-0.05, 0) is 32.4 Å². The Labute approximate surface area is 92.3 Å². The van der Waals surface area contributed by atoms with E-state index in [2.05, 4.69) is 55.3 Å². The third kappa shape index (κ3) is 2.32. The van der Waals surface area contributed by atoms with Crippen LogP contribution in [0.25, 0.3) is 0 Å². The lowest BCUT2D eigenvalue weighted by atomic mass is 10.0. The maximum atomic E-state index is 3.49. The molecule has 15 heavy (non-hydrogen) atoms. The lowest BCUT2D eigenvalue weighted by Gasteiger charge is -2.34. The topological polar surface area (TPSA) is 15.3 Å². The monoisotopic (exact) mass is 204 g/mol. The van der Waals surface area contributed by atoms with Crippen LogP contribution < -0.4 is 5.32 Å². The predicted molar refractivity (Wildman–Crippen MR) is 65.1 cm³/mol. The molecule has 1 aliphatic rings. The zero-order valence-electron chi connectivity index (χ0n) is 9.88. The highest BCUT2D eigenvalue weighted by molar-refractivity contribution is 5.51. The number of benzene rings is 1. The summed E-state index contributed by atoms with van der Waals surface area (Å²) < 4.78 is 0. The van der Waals surface area contributed by atoms with Crippen molar-refractivity contribution in [3.63, 3.8) is 0 Å². The fourth-order valence-corrected chi connectivity index (χ4v) is 2.01. The van der Waals surface area contributed by atoms with E-state index in [0.29, 0.717) is 0 Å². The molecular weight excluding hydrogens is 184 g/mol. The quantitative estimate of drug-likeness (QED) is 0.699. The van der Waals surface area contributed by atoms with Gasteiger partial charge < -0.3 is 5.32 Å². The van der Waals surface area contributed by atoms with Crippen LogP contribution in [0.5, 0.6) is 0 Å². The second-order valence-corrected chi connectivity index (χ2v) is 5.18. The summed E-state index contributed by atoms with van der Waals surface area (Å²) >= 11 is 0. The van der Waals surface area contributed by atoms with E-state index in [1.54, 1.807) is 0 Å². The van der Waals surface area contributed by atoms with Gasteiger partial charge in [0.2, 0.25) is 0 Å². The van der Waals surface area contributed by atoms with Crippen LogP contribution >= 0.6 is 0 Å². The van der Waals surface area contributed by atoms with Gasteiger partial charge in [-0.25, -0.2) is 0 Å².